The fourth-order valence-corrected chi connectivity index (χ4v) is 3.23. The molecule has 0 bridgehead atoms. The first kappa shape index (κ1) is 17.0. The van der Waals surface area contributed by atoms with Crippen molar-refractivity contribution < 1.29 is 14.3 Å². The summed E-state index contributed by atoms with van der Waals surface area (Å²) in [6.45, 7) is 6.41. The first-order chi connectivity index (χ1) is 9.56. The summed E-state index contributed by atoms with van der Waals surface area (Å²) < 4.78 is 4.87. The number of esters is 1. The second-order valence-electron chi connectivity index (χ2n) is 5.87. The molecule has 1 N–H and O–H groups in total. The van der Waals surface area contributed by atoms with Gasteiger partial charge in [0.25, 0.3) is 0 Å². The van der Waals surface area contributed by atoms with E-state index in [0.717, 1.165) is 32.1 Å². The summed E-state index contributed by atoms with van der Waals surface area (Å²) >= 11 is 0. The molecule has 1 atom stereocenters. The summed E-state index contributed by atoms with van der Waals surface area (Å²) in [4.78, 5) is 24.1. The zero-order valence-corrected chi connectivity index (χ0v) is 13.2. The number of carbonyl (C=O) groups is 2. The van der Waals surface area contributed by atoms with Gasteiger partial charge in [-0.3, -0.25) is 9.59 Å². The Balaban J connectivity index is 2.71. The van der Waals surface area contributed by atoms with E-state index < -0.39 is 0 Å². The SMILES string of the molecule is CCOC(=O)CNC(=O)C1(C(C)CC)CCCCCC1. The van der Waals surface area contributed by atoms with Crippen molar-refractivity contribution in [3.63, 3.8) is 0 Å². The molecular formula is C16H29NO3. The highest BCUT2D eigenvalue weighted by molar-refractivity contribution is 5.86. The Morgan fingerprint density at radius 1 is 1.15 bits per heavy atom. The summed E-state index contributed by atoms with van der Waals surface area (Å²) in [7, 11) is 0. The summed E-state index contributed by atoms with van der Waals surface area (Å²) in [6, 6.07) is 0. The van der Waals surface area contributed by atoms with Gasteiger partial charge in [0.15, 0.2) is 0 Å². The van der Waals surface area contributed by atoms with Crippen LogP contribution in [0.15, 0.2) is 0 Å². The van der Waals surface area contributed by atoms with Crippen LogP contribution in [-0.4, -0.2) is 25.0 Å². The van der Waals surface area contributed by atoms with Gasteiger partial charge in [-0.1, -0.05) is 46.0 Å². The molecular weight excluding hydrogens is 254 g/mol. The lowest BCUT2D eigenvalue weighted by molar-refractivity contribution is -0.145. The van der Waals surface area contributed by atoms with E-state index in [1.807, 2.05) is 0 Å². The minimum Gasteiger partial charge on any atom is -0.465 e. The van der Waals surface area contributed by atoms with Crippen LogP contribution >= 0.6 is 0 Å². The second-order valence-corrected chi connectivity index (χ2v) is 5.87. The number of ether oxygens (including phenoxy) is 1. The van der Waals surface area contributed by atoms with Crippen molar-refractivity contribution in [3.8, 4) is 0 Å². The van der Waals surface area contributed by atoms with E-state index >= 15 is 0 Å². The Morgan fingerprint density at radius 3 is 2.25 bits per heavy atom. The van der Waals surface area contributed by atoms with Crippen molar-refractivity contribution in [1.29, 1.82) is 0 Å². The Morgan fingerprint density at radius 2 is 1.75 bits per heavy atom. The molecule has 116 valence electrons. The number of hydrogen-bond donors (Lipinski definition) is 1. The predicted molar refractivity (Wildman–Crippen MR) is 79.2 cm³/mol. The van der Waals surface area contributed by atoms with E-state index in [9.17, 15) is 9.59 Å². The lowest BCUT2D eigenvalue weighted by atomic mass is 9.69. The van der Waals surface area contributed by atoms with Gasteiger partial charge in [0.1, 0.15) is 6.54 Å². The second kappa shape index (κ2) is 8.28. The van der Waals surface area contributed by atoms with E-state index in [2.05, 4.69) is 19.2 Å². The number of rotatable bonds is 6. The molecule has 0 aromatic heterocycles. The molecule has 0 saturated heterocycles. The fraction of sp³-hybridized carbons (Fsp3) is 0.875. The summed E-state index contributed by atoms with van der Waals surface area (Å²) in [6.07, 6.45) is 7.52. The van der Waals surface area contributed by atoms with Crippen LogP contribution in [0.1, 0.15) is 65.7 Å². The zero-order chi connectivity index (χ0) is 15.0. The van der Waals surface area contributed by atoms with E-state index in [-0.39, 0.29) is 23.8 Å². The van der Waals surface area contributed by atoms with Gasteiger partial charge in [0.2, 0.25) is 5.91 Å². The molecule has 4 nitrogen and oxygen atoms in total. The maximum Gasteiger partial charge on any atom is 0.325 e. The standard InChI is InChI=1S/C16H29NO3/c1-4-13(3)16(10-8-6-7-9-11-16)15(19)17-12-14(18)20-5-2/h13H,4-12H2,1-3H3,(H,17,19). The molecule has 0 spiro atoms. The molecule has 20 heavy (non-hydrogen) atoms. The third-order valence-corrected chi connectivity index (χ3v) is 4.70. The minimum atomic E-state index is -0.353. The van der Waals surface area contributed by atoms with E-state index in [1.165, 1.54) is 12.8 Å². The summed E-state index contributed by atoms with van der Waals surface area (Å²) in [5, 5.41) is 2.81. The number of hydrogen-bond acceptors (Lipinski definition) is 3. The first-order valence-electron chi connectivity index (χ1n) is 8.00. The highest BCUT2D eigenvalue weighted by atomic mass is 16.5. The molecule has 0 aliphatic heterocycles. The number of amides is 1. The monoisotopic (exact) mass is 283 g/mol. The van der Waals surface area contributed by atoms with Crippen molar-refractivity contribution >= 4 is 11.9 Å². The highest BCUT2D eigenvalue weighted by Crippen LogP contribution is 2.43. The van der Waals surface area contributed by atoms with Crippen molar-refractivity contribution in [2.45, 2.75) is 65.7 Å². The Kier molecular flexibility index (Phi) is 7.03. The average Bonchev–Trinajstić information content (AvgIpc) is 2.71. The first-order valence-corrected chi connectivity index (χ1v) is 8.00. The van der Waals surface area contributed by atoms with E-state index in [4.69, 9.17) is 4.74 Å². The molecule has 1 amide bonds. The lowest BCUT2D eigenvalue weighted by Gasteiger charge is -2.36. The van der Waals surface area contributed by atoms with E-state index in [0.29, 0.717) is 12.5 Å². The number of carbonyl (C=O) groups excluding carboxylic acids is 2. The third kappa shape index (κ3) is 4.22. The normalized spacial score (nSPS) is 19.8. The van der Waals surface area contributed by atoms with Crippen LogP contribution in [0.4, 0.5) is 0 Å². The molecule has 4 heteroatoms. The molecule has 0 radical (unpaired) electrons. The van der Waals surface area contributed by atoms with Gasteiger partial charge >= 0.3 is 5.97 Å². The smallest absolute Gasteiger partial charge is 0.325 e. The highest BCUT2D eigenvalue weighted by Gasteiger charge is 2.42. The van der Waals surface area contributed by atoms with Gasteiger partial charge in [-0.25, -0.2) is 0 Å². The van der Waals surface area contributed by atoms with Crippen LogP contribution < -0.4 is 5.32 Å². The predicted octanol–water partition coefficient (Wildman–Crippen LogP) is 3.05. The van der Waals surface area contributed by atoms with Crippen LogP contribution in [0.5, 0.6) is 0 Å². The topological polar surface area (TPSA) is 55.4 Å². The van der Waals surface area contributed by atoms with Gasteiger partial charge in [0.05, 0.1) is 12.0 Å². The third-order valence-electron chi connectivity index (χ3n) is 4.70. The molecule has 1 saturated carbocycles. The molecule has 1 aliphatic rings. The van der Waals surface area contributed by atoms with Crippen molar-refractivity contribution in [2.24, 2.45) is 11.3 Å². The maximum atomic E-state index is 12.7. The van der Waals surface area contributed by atoms with Gasteiger partial charge in [0, 0.05) is 0 Å². The van der Waals surface area contributed by atoms with Crippen LogP contribution in [0.25, 0.3) is 0 Å². The van der Waals surface area contributed by atoms with Crippen LogP contribution in [0, 0.1) is 11.3 Å². The summed E-state index contributed by atoms with van der Waals surface area (Å²) in [5.41, 5.74) is -0.294. The Labute approximate surface area is 122 Å². The Bertz CT molecular complexity index is 320. The molecule has 0 heterocycles. The van der Waals surface area contributed by atoms with Gasteiger partial charge < -0.3 is 10.1 Å². The fourth-order valence-electron chi connectivity index (χ4n) is 3.23. The average molecular weight is 283 g/mol. The summed E-state index contributed by atoms with van der Waals surface area (Å²) in [5.74, 6) is 0.0402. The van der Waals surface area contributed by atoms with Gasteiger partial charge in [-0.05, 0) is 25.7 Å². The quantitative estimate of drug-likeness (QED) is 0.602. The molecule has 1 unspecified atom stereocenters. The largest absolute Gasteiger partial charge is 0.465 e. The molecule has 1 aliphatic carbocycles. The van der Waals surface area contributed by atoms with Crippen molar-refractivity contribution in [3.05, 3.63) is 0 Å². The molecule has 1 rings (SSSR count). The van der Waals surface area contributed by atoms with E-state index in [1.54, 1.807) is 6.92 Å². The number of nitrogens with one attached hydrogen (secondary N) is 1. The van der Waals surface area contributed by atoms with Crippen molar-refractivity contribution in [1.82, 2.24) is 5.32 Å². The molecule has 1 fully saturated rings. The maximum absolute atomic E-state index is 12.7. The Hall–Kier alpha value is -1.06. The lowest BCUT2D eigenvalue weighted by Crippen LogP contribution is -2.46. The molecule has 0 aromatic carbocycles. The minimum absolute atomic E-state index is 0.00907. The zero-order valence-electron chi connectivity index (χ0n) is 13.2. The van der Waals surface area contributed by atoms with Crippen LogP contribution in [0.3, 0.4) is 0 Å². The van der Waals surface area contributed by atoms with Crippen LogP contribution in [0.2, 0.25) is 0 Å². The molecule has 0 aromatic rings. The van der Waals surface area contributed by atoms with Crippen LogP contribution in [-0.2, 0) is 14.3 Å². The van der Waals surface area contributed by atoms with Gasteiger partial charge in [-0.15, -0.1) is 0 Å². The van der Waals surface area contributed by atoms with Crippen molar-refractivity contribution in [2.75, 3.05) is 13.2 Å². The van der Waals surface area contributed by atoms with Gasteiger partial charge in [-0.2, -0.15) is 0 Å².